The number of hydrazine groups is 1. The Morgan fingerprint density at radius 2 is 2.50 bits per heavy atom. The molecule has 0 radical (unpaired) electrons. The maximum atomic E-state index is 5.39. The molecule has 0 aromatic carbocycles. The van der Waals surface area contributed by atoms with Crippen molar-refractivity contribution in [1.29, 1.82) is 0 Å². The van der Waals surface area contributed by atoms with E-state index in [1.54, 1.807) is 0 Å². The minimum absolute atomic E-state index is 0.575. The number of nitrogens with two attached hydrogens (primary N) is 1. The first kappa shape index (κ1) is 9.61. The van der Waals surface area contributed by atoms with Crippen molar-refractivity contribution in [3.8, 4) is 0 Å². The first-order valence-electron chi connectivity index (χ1n) is 2.48. The second-order valence-corrected chi connectivity index (χ2v) is 2.76. The lowest BCUT2D eigenvalue weighted by Gasteiger charge is -2.09. The van der Waals surface area contributed by atoms with Gasteiger partial charge in [0.2, 0.25) is 0 Å². The van der Waals surface area contributed by atoms with Crippen molar-refractivity contribution in [2.45, 2.75) is 0 Å². The molecule has 0 spiro atoms. The van der Waals surface area contributed by atoms with E-state index in [9.17, 15) is 0 Å². The van der Waals surface area contributed by atoms with Crippen molar-refractivity contribution in [1.82, 2.24) is 5.01 Å². The van der Waals surface area contributed by atoms with Gasteiger partial charge in [-0.25, -0.2) is 10.8 Å². The summed E-state index contributed by atoms with van der Waals surface area (Å²) in [5.41, 5.74) is 0. The molecule has 56 valence electrons. The highest BCUT2D eigenvalue weighted by Gasteiger charge is 1.96. The van der Waals surface area contributed by atoms with E-state index in [-0.39, 0.29) is 0 Å². The summed E-state index contributed by atoms with van der Waals surface area (Å²) in [4.78, 5) is 3.68. The highest BCUT2D eigenvalue weighted by molar-refractivity contribution is 8.22. The molecule has 0 aromatic heterocycles. The normalized spacial score (nSPS) is 9.80. The standard InChI is InChI=1S/C5H9N3S2/c1-3-7-4-8(6)5(9)10-2/h3-4H,1,6H2,2H3. The van der Waals surface area contributed by atoms with E-state index < -0.39 is 0 Å². The molecule has 0 heterocycles. The fraction of sp³-hybridized carbons (Fsp3) is 0.200. The number of rotatable bonds is 2. The average Bonchev–Trinajstić information content (AvgIpc) is 1.98. The second kappa shape index (κ2) is 5.40. The van der Waals surface area contributed by atoms with Gasteiger partial charge in [-0.3, -0.25) is 5.01 Å². The van der Waals surface area contributed by atoms with Gasteiger partial charge < -0.3 is 0 Å². The Morgan fingerprint density at radius 1 is 1.90 bits per heavy atom. The molecular formula is C5H9N3S2. The van der Waals surface area contributed by atoms with Crippen LogP contribution in [-0.4, -0.2) is 21.9 Å². The monoisotopic (exact) mass is 175 g/mol. The molecule has 0 aliphatic carbocycles. The number of nitrogens with zero attached hydrogens (tertiary/aromatic N) is 2. The molecule has 2 N–H and O–H groups in total. The van der Waals surface area contributed by atoms with Crippen LogP contribution in [0.5, 0.6) is 0 Å². The second-order valence-electron chi connectivity index (χ2n) is 1.32. The number of aliphatic imine (C=N–C) groups is 1. The molecule has 0 aliphatic heterocycles. The highest BCUT2D eigenvalue weighted by Crippen LogP contribution is 1.98. The van der Waals surface area contributed by atoms with Gasteiger partial charge in [-0.2, -0.15) is 0 Å². The first-order chi connectivity index (χ1) is 4.72. The summed E-state index contributed by atoms with van der Waals surface area (Å²) in [6.07, 6.45) is 4.65. The van der Waals surface area contributed by atoms with Crippen molar-refractivity contribution >= 4 is 34.6 Å². The Kier molecular flexibility index (Phi) is 5.19. The zero-order valence-corrected chi connectivity index (χ0v) is 7.28. The van der Waals surface area contributed by atoms with E-state index in [0.29, 0.717) is 4.32 Å². The summed E-state index contributed by atoms with van der Waals surface area (Å²) in [6, 6.07) is 0. The number of thiocarbonyl (C=S) groups is 1. The highest BCUT2D eigenvalue weighted by atomic mass is 32.2. The Hall–Kier alpha value is -0.390. The Morgan fingerprint density at radius 3 is 2.90 bits per heavy atom. The molecule has 0 aromatic rings. The first-order valence-corrected chi connectivity index (χ1v) is 4.11. The van der Waals surface area contributed by atoms with Crippen molar-refractivity contribution in [3.05, 3.63) is 12.8 Å². The summed E-state index contributed by atoms with van der Waals surface area (Å²) in [7, 11) is 0. The average molecular weight is 175 g/mol. The maximum absolute atomic E-state index is 5.39. The molecular weight excluding hydrogens is 166 g/mol. The lowest BCUT2D eigenvalue weighted by molar-refractivity contribution is 0.700. The molecule has 0 fully saturated rings. The molecule has 0 rings (SSSR count). The van der Waals surface area contributed by atoms with Gasteiger partial charge in [0.1, 0.15) is 6.34 Å². The molecule has 0 amide bonds. The zero-order valence-electron chi connectivity index (χ0n) is 5.65. The fourth-order valence-electron chi connectivity index (χ4n) is 0.272. The lowest BCUT2D eigenvalue weighted by atomic mass is 11.0. The van der Waals surface area contributed by atoms with Crippen LogP contribution in [0.4, 0.5) is 0 Å². The Labute approximate surface area is 70.0 Å². The van der Waals surface area contributed by atoms with Crippen LogP contribution >= 0.6 is 24.0 Å². The molecule has 0 saturated carbocycles. The summed E-state index contributed by atoms with van der Waals surface area (Å²) in [5.74, 6) is 5.39. The van der Waals surface area contributed by atoms with Gasteiger partial charge in [0, 0.05) is 6.20 Å². The summed E-state index contributed by atoms with van der Waals surface area (Å²) in [5, 5.41) is 1.27. The summed E-state index contributed by atoms with van der Waals surface area (Å²) < 4.78 is 0.575. The smallest absolute Gasteiger partial charge is 0.155 e. The van der Waals surface area contributed by atoms with Crippen LogP contribution in [0, 0.1) is 0 Å². The van der Waals surface area contributed by atoms with E-state index in [1.807, 2.05) is 6.26 Å². The van der Waals surface area contributed by atoms with Crippen LogP contribution in [0.2, 0.25) is 0 Å². The molecule has 5 heteroatoms. The third kappa shape index (κ3) is 3.60. The molecule has 0 unspecified atom stereocenters. The van der Waals surface area contributed by atoms with Crippen LogP contribution in [-0.2, 0) is 0 Å². The Balaban J connectivity index is 3.83. The van der Waals surface area contributed by atoms with Crippen molar-refractivity contribution < 1.29 is 0 Å². The van der Waals surface area contributed by atoms with Gasteiger partial charge in [-0.05, 0) is 6.26 Å². The zero-order chi connectivity index (χ0) is 7.98. The minimum atomic E-state index is 0.575. The molecule has 0 aliphatic rings. The van der Waals surface area contributed by atoms with Crippen LogP contribution < -0.4 is 5.84 Å². The van der Waals surface area contributed by atoms with E-state index in [0.717, 1.165) is 0 Å². The van der Waals surface area contributed by atoms with Gasteiger partial charge in [0.25, 0.3) is 0 Å². The summed E-state index contributed by atoms with van der Waals surface area (Å²) in [6.45, 7) is 3.39. The van der Waals surface area contributed by atoms with Gasteiger partial charge in [0.05, 0.1) is 0 Å². The molecule has 10 heavy (non-hydrogen) atoms. The summed E-state index contributed by atoms with van der Waals surface area (Å²) >= 11 is 6.22. The van der Waals surface area contributed by atoms with E-state index >= 15 is 0 Å². The third-order valence-electron chi connectivity index (χ3n) is 0.682. The van der Waals surface area contributed by atoms with Crippen LogP contribution in [0.15, 0.2) is 17.8 Å². The lowest BCUT2D eigenvalue weighted by Crippen LogP contribution is -2.32. The van der Waals surface area contributed by atoms with Crippen molar-refractivity contribution in [3.63, 3.8) is 0 Å². The molecule has 0 saturated heterocycles. The SMILES string of the molecule is C=CN=CN(N)C(=S)SC. The van der Waals surface area contributed by atoms with Crippen LogP contribution in [0.1, 0.15) is 0 Å². The minimum Gasteiger partial charge on any atom is -0.252 e. The fourth-order valence-corrected chi connectivity index (χ4v) is 0.577. The quantitative estimate of drug-likeness (QED) is 0.223. The predicted octanol–water partition coefficient (Wildman–Crippen LogP) is 0.982. The van der Waals surface area contributed by atoms with Gasteiger partial charge >= 0.3 is 0 Å². The third-order valence-corrected chi connectivity index (χ3v) is 1.95. The van der Waals surface area contributed by atoms with E-state index in [1.165, 1.54) is 29.3 Å². The maximum Gasteiger partial charge on any atom is 0.155 e. The largest absolute Gasteiger partial charge is 0.252 e. The van der Waals surface area contributed by atoms with Gasteiger partial charge in [-0.15, -0.1) is 0 Å². The number of thioether (sulfide) groups is 1. The molecule has 3 nitrogen and oxygen atoms in total. The Bertz CT molecular complexity index is 155. The number of hydrogen-bond donors (Lipinski definition) is 1. The number of hydrogen-bond acceptors (Lipinski definition) is 4. The van der Waals surface area contributed by atoms with Crippen molar-refractivity contribution in [2.24, 2.45) is 10.8 Å². The van der Waals surface area contributed by atoms with E-state index in [2.05, 4.69) is 11.6 Å². The van der Waals surface area contributed by atoms with Crippen LogP contribution in [0.3, 0.4) is 0 Å². The van der Waals surface area contributed by atoms with Gasteiger partial charge in [0.15, 0.2) is 4.32 Å². The molecule has 0 atom stereocenters. The predicted molar refractivity (Wildman–Crippen MR) is 50.8 cm³/mol. The van der Waals surface area contributed by atoms with Crippen molar-refractivity contribution in [2.75, 3.05) is 6.26 Å². The van der Waals surface area contributed by atoms with E-state index in [4.69, 9.17) is 18.1 Å². The molecule has 0 bridgehead atoms. The van der Waals surface area contributed by atoms with Crippen LogP contribution in [0.25, 0.3) is 0 Å². The van der Waals surface area contributed by atoms with Gasteiger partial charge in [-0.1, -0.05) is 30.6 Å². The topological polar surface area (TPSA) is 41.6 Å².